The summed E-state index contributed by atoms with van der Waals surface area (Å²) in [4.78, 5) is 0. The van der Waals surface area contributed by atoms with Gasteiger partial charge in [0.1, 0.15) is 0 Å². The van der Waals surface area contributed by atoms with E-state index in [1.54, 1.807) is 0 Å². The molecule has 0 saturated carbocycles. The van der Waals surface area contributed by atoms with E-state index >= 15 is 0 Å². The quantitative estimate of drug-likeness (QED) is 0.373. The minimum absolute atomic E-state index is 0.124. The van der Waals surface area contributed by atoms with E-state index in [0.29, 0.717) is 25.7 Å². The van der Waals surface area contributed by atoms with Crippen LogP contribution in [0.5, 0.6) is 0 Å². The van der Waals surface area contributed by atoms with E-state index < -0.39 is 28.2 Å². The molecule has 0 aliphatic rings. The summed E-state index contributed by atoms with van der Waals surface area (Å²) in [6.45, 7) is 0. The van der Waals surface area contributed by atoms with E-state index in [1.165, 1.54) is 0 Å². The Kier molecular flexibility index (Phi) is 8.56. The Hall–Kier alpha value is -0.370. The zero-order valence-electron chi connectivity index (χ0n) is 10.6. The fourth-order valence-corrected chi connectivity index (χ4v) is 2.13. The van der Waals surface area contributed by atoms with E-state index in [0.717, 1.165) is 12.8 Å². The largest absolute Gasteiger partial charge is 0.389 e. The van der Waals surface area contributed by atoms with Gasteiger partial charge in [-0.3, -0.25) is 4.55 Å². The molecule has 0 spiro atoms. The topological polar surface area (TPSA) is 54.4 Å². The molecular formula is C11H20F4O3S. The molecule has 0 bridgehead atoms. The molecule has 0 fully saturated rings. The van der Waals surface area contributed by atoms with Crippen molar-refractivity contribution >= 4 is 10.1 Å². The first-order valence-electron chi connectivity index (χ1n) is 6.30. The van der Waals surface area contributed by atoms with Gasteiger partial charge in [0, 0.05) is 6.42 Å². The van der Waals surface area contributed by atoms with Gasteiger partial charge in [0.25, 0.3) is 10.1 Å². The number of hydrogen-bond donors (Lipinski definition) is 1. The number of hydrogen-bond acceptors (Lipinski definition) is 2. The lowest BCUT2D eigenvalue weighted by Gasteiger charge is -2.06. The maximum absolute atomic E-state index is 12.8. The van der Waals surface area contributed by atoms with Gasteiger partial charge in [-0.1, -0.05) is 32.1 Å². The Morgan fingerprint density at radius 1 is 0.895 bits per heavy atom. The monoisotopic (exact) mass is 308 g/mol. The van der Waals surface area contributed by atoms with Gasteiger partial charge in [0.05, 0.1) is 0 Å². The summed E-state index contributed by atoms with van der Waals surface area (Å²) in [6, 6.07) is 0. The van der Waals surface area contributed by atoms with E-state index in [9.17, 15) is 26.0 Å². The molecule has 1 N–H and O–H groups in total. The molecule has 19 heavy (non-hydrogen) atoms. The van der Waals surface area contributed by atoms with Crippen molar-refractivity contribution in [2.24, 2.45) is 0 Å². The van der Waals surface area contributed by atoms with Crippen LogP contribution in [0.1, 0.15) is 57.8 Å². The van der Waals surface area contributed by atoms with Crippen LogP contribution in [0, 0.1) is 0 Å². The van der Waals surface area contributed by atoms with Crippen LogP contribution in [0.3, 0.4) is 0 Å². The molecule has 0 aliphatic heterocycles. The molecule has 0 radical (unpaired) electrons. The van der Waals surface area contributed by atoms with Crippen LogP contribution in [0.2, 0.25) is 0 Å². The summed E-state index contributed by atoms with van der Waals surface area (Å²) in [6.07, 6.45) is -1.35. The van der Waals surface area contributed by atoms with E-state index in [1.807, 2.05) is 0 Å². The van der Waals surface area contributed by atoms with Crippen molar-refractivity contribution in [2.45, 2.75) is 69.5 Å². The predicted molar refractivity (Wildman–Crippen MR) is 64.1 cm³/mol. The molecule has 0 aliphatic carbocycles. The molecule has 0 heterocycles. The van der Waals surface area contributed by atoms with Crippen LogP contribution < -0.4 is 0 Å². The fraction of sp³-hybridized carbons (Fsp3) is 1.00. The second-order valence-corrected chi connectivity index (χ2v) is 6.10. The Morgan fingerprint density at radius 2 is 1.32 bits per heavy atom. The van der Waals surface area contributed by atoms with Gasteiger partial charge >= 0.3 is 6.18 Å². The smallest absolute Gasteiger partial charge is 0.283 e. The highest BCUT2D eigenvalue weighted by atomic mass is 32.2. The number of halogens is 4. The predicted octanol–water partition coefficient (Wildman–Crippen LogP) is 4.24. The SMILES string of the molecule is O=S(=O)(O)C(F)CCCCCCCCCC(F)(F)F. The molecule has 0 rings (SSSR count). The third kappa shape index (κ3) is 12.4. The van der Waals surface area contributed by atoms with Crippen molar-refractivity contribution in [2.75, 3.05) is 0 Å². The van der Waals surface area contributed by atoms with Crippen LogP contribution in [0.4, 0.5) is 17.6 Å². The second kappa shape index (κ2) is 8.73. The summed E-state index contributed by atoms with van der Waals surface area (Å²) in [5.74, 6) is 0. The van der Waals surface area contributed by atoms with Crippen molar-refractivity contribution in [3.63, 3.8) is 0 Å². The third-order valence-corrected chi connectivity index (χ3v) is 3.60. The van der Waals surface area contributed by atoms with Crippen molar-refractivity contribution in [3.05, 3.63) is 0 Å². The Labute approximate surface area is 111 Å². The van der Waals surface area contributed by atoms with Gasteiger partial charge in [-0.05, 0) is 19.3 Å². The van der Waals surface area contributed by atoms with Gasteiger partial charge in [0.2, 0.25) is 5.50 Å². The lowest BCUT2D eigenvalue weighted by Crippen LogP contribution is -2.14. The highest BCUT2D eigenvalue weighted by Gasteiger charge is 2.25. The zero-order valence-corrected chi connectivity index (χ0v) is 11.4. The summed E-state index contributed by atoms with van der Waals surface area (Å²) >= 11 is 0. The normalized spacial score (nSPS) is 14.6. The minimum atomic E-state index is -4.59. The summed E-state index contributed by atoms with van der Waals surface area (Å²) < 4.78 is 77.2. The first-order chi connectivity index (χ1) is 8.63. The number of unbranched alkanes of at least 4 members (excludes halogenated alkanes) is 6. The highest BCUT2D eigenvalue weighted by molar-refractivity contribution is 7.86. The van der Waals surface area contributed by atoms with Gasteiger partial charge in [-0.15, -0.1) is 0 Å². The van der Waals surface area contributed by atoms with E-state index in [-0.39, 0.29) is 12.8 Å². The molecule has 1 atom stereocenters. The molecule has 8 heteroatoms. The highest BCUT2D eigenvalue weighted by Crippen LogP contribution is 2.23. The average molecular weight is 308 g/mol. The summed E-state index contributed by atoms with van der Waals surface area (Å²) in [5.41, 5.74) is -2.24. The molecule has 0 amide bonds. The Bertz CT molecular complexity index is 327. The molecule has 3 nitrogen and oxygen atoms in total. The van der Waals surface area contributed by atoms with Crippen molar-refractivity contribution < 1.29 is 30.5 Å². The van der Waals surface area contributed by atoms with Gasteiger partial charge in [0.15, 0.2) is 0 Å². The van der Waals surface area contributed by atoms with E-state index in [2.05, 4.69) is 0 Å². The molecule has 116 valence electrons. The van der Waals surface area contributed by atoms with Crippen LogP contribution in [0.15, 0.2) is 0 Å². The maximum Gasteiger partial charge on any atom is 0.389 e. The van der Waals surface area contributed by atoms with E-state index in [4.69, 9.17) is 4.55 Å². The van der Waals surface area contributed by atoms with Crippen LogP contribution >= 0.6 is 0 Å². The van der Waals surface area contributed by atoms with Crippen molar-refractivity contribution in [1.82, 2.24) is 0 Å². The average Bonchev–Trinajstić information content (AvgIpc) is 2.23. The van der Waals surface area contributed by atoms with Gasteiger partial charge < -0.3 is 0 Å². The standard InChI is InChI=1S/C11H20F4O3S/c12-10(19(16,17)18)8-6-4-2-1-3-5-7-9-11(13,14)15/h10H,1-9H2,(H,16,17,18). The first kappa shape index (κ1) is 18.6. The maximum atomic E-state index is 12.8. The lowest BCUT2D eigenvalue weighted by molar-refractivity contribution is -0.135. The molecular weight excluding hydrogens is 288 g/mol. The first-order valence-corrected chi connectivity index (χ1v) is 7.80. The molecule has 0 aromatic rings. The zero-order chi connectivity index (χ0) is 14.9. The molecule has 1 unspecified atom stereocenters. The molecule has 0 aromatic carbocycles. The second-order valence-electron chi connectivity index (χ2n) is 4.55. The number of rotatable bonds is 10. The number of alkyl halides is 4. The summed E-state index contributed by atoms with van der Waals surface area (Å²) in [7, 11) is -4.59. The van der Waals surface area contributed by atoms with Crippen molar-refractivity contribution in [1.29, 1.82) is 0 Å². The van der Waals surface area contributed by atoms with Crippen molar-refractivity contribution in [3.8, 4) is 0 Å². The van der Waals surface area contributed by atoms with Crippen LogP contribution in [-0.4, -0.2) is 24.7 Å². The third-order valence-electron chi connectivity index (χ3n) is 2.71. The van der Waals surface area contributed by atoms with Gasteiger partial charge in [-0.2, -0.15) is 21.6 Å². The van der Waals surface area contributed by atoms with Gasteiger partial charge in [-0.25, -0.2) is 4.39 Å². The fourth-order valence-electron chi connectivity index (χ4n) is 1.66. The Balaban J connectivity index is 3.33. The van der Waals surface area contributed by atoms with Crippen LogP contribution in [0.25, 0.3) is 0 Å². The Morgan fingerprint density at radius 3 is 1.74 bits per heavy atom. The van der Waals surface area contributed by atoms with Crippen LogP contribution in [-0.2, 0) is 10.1 Å². The molecule has 0 saturated heterocycles. The summed E-state index contributed by atoms with van der Waals surface area (Å²) in [5, 5.41) is 0. The molecule has 0 aromatic heterocycles. The lowest BCUT2D eigenvalue weighted by atomic mass is 10.1. The minimum Gasteiger partial charge on any atom is -0.283 e.